The summed E-state index contributed by atoms with van der Waals surface area (Å²) in [7, 11) is 0. The van der Waals surface area contributed by atoms with E-state index in [0.717, 1.165) is 11.5 Å². The highest BCUT2D eigenvalue weighted by Gasteiger charge is 2.17. The molecule has 24 heavy (non-hydrogen) atoms. The molecule has 1 heterocycles. The molecule has 4 nitrogen and oxygen atoms in total. The fourth-order valence-corrected chi connectivity index (χ4v) is 2.61. The Balaban J connectivity index is 2.08. The Morgan fingerprint density at radius 1 is 1.17 bits per heavy atom. The first kappa shape index (κ1) is 16.0. The van der Waals surface area contributed by atoms with Gasteiger partial charge in [0.25, 0.3) is 0 Å². The van der Waals surface area contributed by atoms with Gasteiger partial charge in [-0.05, 0) is 31.0 Å². The molecule has 0 radical (unpaired) electrons. The maximum atomic E-state index is 14.5. The molecule has 3 rings (SSSR count). The highest BCUT2D eigenvalue weighted by atomic mass is 19.1. The number of ether oxygens (including phenoxy) is 1. The molecule has 0 saturated heterocycles. The Hall–Kier alpha value is -2.91. The lowest BCUT2D eigenvalue weighted by Gasteiger charge is -2.14. The molecule has 3 aromatic rings. The van der Waals surface area contributed by atoms with Gasteiger partial charge in [0.1, 0.15) is 17.6 Å². The van der Waals surface area contributed by atoms with Crippen LogP contribution in [0.1, 0.15) is 17.5 Å². The van der Waals surface area contributed by atoms with Gasteiger partial charge in [0.05, 0.1) is 5.56 Å². The number of aryl methyl sites for hydroxylation is 1. The molecule has 0 unspecified atom stereocenters. The van der Waals surface area contributed by atoms with E-state index in [9.17, 15) is 8.78 Å². The third-order valence-corrected chi connectivity index (χ3v) is 3.73. The van der Waals surface area contributed by atoms with Crippen LogP contribution in [0.15, 0.2) is 36.5 Å². The minimum absolute atomic E-state index is 0.0195. The minimum atomic E-state index is -0.660. The zero-order chi connectivity index (χ0) is 17.1. The van der Waals surface area contributed by atoms with Gasteiger partial charge in [-0.2, -0.15) is 5.26 Å². The number of halogens is 2. The number of fused-ring (bicyclic) bond motifs is 1. The van der Waals surface area contributed by atoms with E-state index in [1.54, 1.807) is 18.3 Å². The Labute approximate surface area is 136 Å². The molecule has 6 heteroatoms. The average Bonchev–Trinajstić information content (AvgIpc) is 3.04. The number of nitrogens with zero attached hydrogens (tertiary/aromatic N) is 1. The number of nitrogens with one attached hydrogen (secondary N) is 1. The van der Waals surface area contributed by atoms with Crippen molar-refractivity contribution in [3.63, 3.8) is 0 Å². The topological polar surface area (TPSA) is 69.0 Å². The number of aromatic nitrogens is 1. The largest absolute Gasteiger partial charge is 0.454 e. The molecule has 0 aliphatic carbocycles. The van der Waals surface area contributed by atoms with Crippen LogP contribution in [0.25, 0.3) is 10.9 Å². The van der Waals surface area contributed by atoms with E-state index in [-0.39, 0.29) is 23.7 Å². The molecule has 122 valence electrons. The molecular weight excluding hydrogens is 314 g/mol. The quantitative estimate of drug-likeness (QED) is 0.743. The zero-order valence-electron chi connectivity index (χ0n) is 12.6. The fourth-order valence-electron chi connectivity index (χ4n) is 2.61. The number of aromatic amines is 1. The highest BCUT2D eigenvalue weighted by Crippen LogP contribution is 2.35. The first-order valence-electron chi connectivity index (χ1n) is 7.41. The predicted octanol–water partition coefficient (Wildman–Crippen LogP) is 4.03. The second-order valence-corrected chi connectivity index (χ2v) is 5.29. The van der Waals surface area contributed by atoms with Crippen LogP contribution in [-0.4, -0.2) is 16.7 Å². The smallest absolute Gasteiger partial charge is 0.168 e. The van der Waals surface area contributed by atoms with Crippen molar-refractivity contribution in [2.45, 2.75) is 12.8 Å². The first-order chi connectivity index (χ1) is 11.6. The van der Waals surface area contributed by atoms with Crippen LogP contribution in [0.3, 0.4) is 0 Å². The summed E-state index contributed by atoms with van der Waals surface area (Å²) >= 11 is 0. The van der Waals surface area contributed by atoms with Crippen LogP contribution in [0.5, 0.6) is 11.5 Å². The van der Waals surface area contributed by atoms with Crippen LogP contribution in [0.2, 0.25) is 0 Å². The lowest BCUT2D eigenvalue weighted by Crippen LogP contribution is -1.99. The number of hydrogen-bond donors (Lipinski definition) is 2. The van der Waals surface area contributed by atoms with Crippen LogP contribution >= 0.6 is 0 Å². The summed E-state index contributed by atoms with van der Waals surface area (Å²) in [4.78, 5) is 2.94. The Morgan fingerprint density at radius 3 is 2.75 bits per heavy atom. The predicted molar refractivity (Wildman–Crippen MR) is 84.9 cm³/mol. The van der Waals surface area contributed by atoms with Gasteiger partial charge in [0.15, 0.2) is 11.6 Å². The van der Waals surface area contributed by atoms with Crippen LogP contribution < -0.4 is 4.74 Å². The summed E-state index contributed by atoms with van der Waals surface area (Å²) in [6, 6.07) is 8.52. The average molecular weight is 328 g/mol. The number of rotatable bonds is 5. The van der Waals surface area contributed by atoms with Crippen molar-refractivity contribution < 1.29 is 18.6 Å². The maximum absolute atomic E-state index is 14.5. The first-order valence-corrected chi connectivity index (χ1v) is 7.41. The number of nitriles is 1. The summed E-state index contributed by atoms with van der Waals surface area (Å²) in [5.41, 5.74) is 1.07. The highest BCUT2D eigenvalue weighted by molar-refractivity contribution is 5.85. The third-order valence-electron chi connectivity index (χ3n) is 3.73. The van der Waals surface area contributed by atoms with Gasteiger partial charge in [-0.1, -0.05) is 0 Å². The van der Waals surface area contributed by atoms with Gasteiger partial charge < -0.3 is 14.8 Å². The third kappa shape index (κ3) is 2.94. The van der Waals surface area contributed by atoms with E-state index in [1.165, 1.54) is 18.2 Å². The zero-order valence-corrected chi connectivity index (χ0v) is 12.6. The molecule has 0 aliphatic rings. The fraction of sp³-hybridized carbons (Fsp3) is 0.167. The van der Waals surface area contributed by atoms with Gasteiger partial charge in [0.2, 0.25) is 0 Å². The molecule has 0 amide bonds. The van der Waals surface area contributed by atoms with Gasteiger partial charge >= 0.3 is 0 Å². The summed E-state index contributed by atoms with van der Waals surface area (Å²) in [6.07, 6.45) is 2.57. The van der Waals surface area contributed by atoms with Crippen molar-refractivity contribution in [1.29, 1.82) is 5.26 Å². The number of aliphatic hydroxyl groups is 1. The van der Waals surface area contributed by atoms with Crippen LogP contribution in [0.4, 0.5) is 8.78 Å². The Bertz CT molecular complexity index is 929. The van der Waals surface area contributed by atoms with E-state index < -0.39 is 11.6 Å². The van der Waals surface area contributed by atoms with Crippen molar-refractivity contribution in [2.24, 2.45) is 0 Å². The van der Waals surface area contributed by atoms with Gasteiger partial charge in [0, 0.05) is 41.4 Å². The number of benzene rings is 2. The normalized spacial score (nSPS) is 10.8. The van der Waals surface area contributed by atoms with Crippen molar-refractivity contribution in [3.8, 4) is 17.6 Å². The van der Waals surface area contributed by atoms with Crippen LogP contribution in [0, 0.1) is 23.0 Å². The molecule has 0 spiro atoms. The molecule has 1 aromatic heterocycles. The lowest BCUT2D eigenvalue weighted by molar-refractivity contribution is 0.288. The SMILES string of the molecule is N#Cc1cc(Oc2c(F)cc3[nH]ccc3c2CCCO)ccc1F. The molecule has 0 atom stereocenters. The van der Waals surface area contributed by atoms with Crippen molar-refractivity contribution in [1.82, 2.24) is 4.98 Å². The van der Waals surface area contributed by atoms with E-state index >= 15 is 0 Å². The number of aliphatic hydroxyl groups excluding tert-OH is 1. The number of hydrogen-bond acceptors (Lipinski definition) is 3. The van der Waals surface area contributed by atoms with Gasteiger partial charge in [-0.15, -0.1) is 0 Å². The summed E-state index contributed by atoms with van der Waals surface area (Å²) in [5, 5.41) is 18.8. The van der Waals surface area contributed by atoms with Crippen molar-refractivity contribution >= 4 is 10.9 Å². The standard InChI is InChI=1S/C18H14F2N2O2/c19-15-4-3-12(8-11(15)10-21)24-18-14(2-1-7-23)13-5-6-22-17(13)9-16(18)20/h3-6,8-9,22-23H,1-2,7H2. The lowest BCUT2D eigenvalue weighted by atomic mass is 10.0. The summed E-state index contributed by atoms with van der Waals surface area (Å²) in [5.74, 6) is -1.04. The minimum Gasteiger partial charge on any atom is -0.454 e. The molecule has 0 bridgehead atoms. The van der Waals surface area contributed by atoms with Crippen molar-refractivity contribution in [3.05, 3.63) is 59.3 Å². The van der Waals surface area contributed by atoms with E-state index in [4.69, 9.17) is 15.1 Å². The summed E-state index contributed by atoms with van der Waals surface area (Å²) in [6.45, 7) is -0.0308. The molecule has 0 aliphatic heterocycles. The molecule has 0 saturated carbocycles. The second kappa shape index (κ2) is 6.69. The summed E-state index contributed by atoms with van der Waals surface area (Å²) < 4.78 is 33.5. The monoisotopic (exact) mass is 328 g/mol. The molecule has 0 fully saturated rings. The Kier molecular flexibility index (Phi) is 4.45. The van der Waals surface area contributed by atoms with Crippen molar-refractivity contribution in [2.75, 3.05) is 6.61 Å². The van der Waals surface area contributed by atoms with E-state index in [2.05, 4.69) is 4.98 Å². The second-order valence-electron chi connectivity index (χ2n) is 5.29. The molecular formula is C18H14F2N2O2. The molecule has 2 N–H and O–H groups in total. The van der Waals surface area contributed by atoms with Crippen LogP contribution in [-0.2, 0) is 6.42 Å². The molecule has 2 aromatic carbocycles. The van der Waals surface area contributed by atoms with Gasteiger partial charge in [-0.25, -0.2) is 8.78 Å². The van der Waals surface area contributed by atoms with E-state index in [1.807, 2.05) is 0 Å². The van der Waals surface area contributed by atoms with E-state index in [0.29, 0.717) is 23.9 Å². The maximum Gasteiger partial charge on any atom is 0.168 e. The Morgan fingerprint density at radius 2 is 2.00 bits per heavy atom. The number of H-pyrrole nitrogens is 1. The van der Waals surface area contributed by atoms with Gasteiger partial charge in [-0.3, -0.25) is 0 Å².